The zero-order valence-corrected chi connectivity index (χ0v) is 17.1. The molecular formula is C22H22ClN5O. The smallest absolute Gasteiger partial charge is 0.256 e. The van der Waals surface area contributed by atoms with E-state index in [9.17, 15) is 4.79 Å². The maximum absolute atomic E-state index is 12.7. The summed E-state index contributed by atoms with van der Waals surface area (Å²) in [7, 11) is 0. The van der Waals surface area contributed by atoms with E-state index in [1.807, 2.05) is 55.5 Å². The molecule has 0 unspecified atom stereocenters. The van der Waals surface area contributed by atoms with Gasteiger partial charge in [-0.05, 0) is 44.5 Å². The first-order chi connectivity index (χ1) is 14.1. The van der Waals surface area contributed by atoms with E-state index in [-0.39, 0.29) is 5.91 Å². The molecule has 6 nitrogen and oxygen atoms in total. The average Bonchev–Trinajstić information content (AvgIpc) is 3.21. The van der Waals surface area contributed by atoms with Crippen LogP contribution in [0.2, 0.25) is 5.15 Å². The third-order valence-corrected chi connectivity index (χ3v) is 5.27. The van der Waals surface area contributed by atoms with E-state index in [0.717, 1.165) is 35.5 Å². The summed E-state index contributed by atoms with van der Waals surface area (Å²) in [5.74, 6) is 0.766. The third kappa shape index (κ3) is 3.76. The Morgan fingerprint density at radius 2 is 1.79 bits per heavy atom. The summed E-state index contributed by atoms with van der Waals surface area (Å²) in [5, 5.41) is 7.71. The number of rotatable bonds is 6. The fourth-order valence-electron chi connectivity index (χ4n) is 3.50. The highest BCUT2D eigenvalue weighted by Gasteiger charge is 2.20. The monoisotopic (exact) mass is 407 g/mol. The average molecular weight is 408 g/mol. The Balaban J connectivity index is 1.41. The second kappa shape index (κ2) is 8.09. The molecule has 0 aliphatic heterocycles. The highest BCUT2D eigenvalue weighted by molar-refractivity contribution is 6.33. The highest BCUT2D eigenvalue weighted by Crippen LogP contribution is 2.23. The number of fused-ring (bicyclic) bond motifs is 1. The van der Waals surface area contributed by atoms with Gasteiger partial charge in [-0.15, -0.1) is 0 Å². The van der Waals surface area contributed by atoms with Crippen molar-refractivity contribution in [2.45, 2.75) is 26.8 Å². The molecule has 1 N–H and O–H groups in total. The predicted molar refractivity (Wildman–Crippen MR) is 115 cm³/mol. The number of carbonyl (C=O) groups is 1. The maximum atomic E-state index is 12.7. The highest BCUT2D eigenvalue weighted by atomic mass is 35.5. The Kier molecular flexibility index (Phi) is 5.36. The molecule has 0 radical (unpaired) electrons. The van der Waals surface area contributed by atoms with Crippen LogP contribution in [0, 0.1) is 13.8 Å². The van der Waals surface area contributed by atoms with Crippen molar-refractivity contribution in [1.82, 2.24) is 24.6 Å². The maximum Gasteiger partial charge on any atom is 0.256 e. The Hall–Kier alpha value is -3.12. The van der Waals surface area contributed by atoms with Crippen LogP contribution in [0.15, 0.2) is 54.6 Å². The van der Waals surface area contributed by atoms with Crippen molar-refractivity contribution in [1.29, 1.82) is 0 Å². The van der Waals surface area contributed by atoms with Crippen molar-refractivity contribution in [2.75, 3.05) is 6.54 Å². The summed E-state index contributed by atoms with van der Waals surface area (Å²) >= 11 is 6.47. The fraction of sp³-hybridized carbons (Fsp3) is 0.227. The van der Waals surface area contributed by atoms with Crippen molar-refractivity contribution >= 4 is 28.5 Å². The fourth-order valence-corrected chi connectivity index (χ4v) is 3.86. The van der Waals surface area contributed by atoms with Crippen LogP contribution in [0.1, 0.15) is 28.3 Å². The van der Waals surface area contributed by atoms with Crippen LogP contribution in [0.5, 0.6) is 0 Å². The molecular weight excluding hydrogens is 386 g/mol. The molecule has 0 saturated heterocycles. The van der Waals surface area contributed by atoms with E-state index >= 15 is 0 Å². The van der Waals surface area contributed by atoms with Crippen LogP contribution in [0.3, 0.4) is 0 Å². The molecule has 0 fully saturated rings. The Morgan fingerprint density at radius 3 is 2.59 bits per heavy atom. The van der Waals surface area contributed by atoms with Crippen LogP contribution in [0.4, 0.5) is 0 Å². The zero-order valence-electron chi connectivity index (χ0n) is 16.4. The van der Waals surface area contributed by atoms with Gasteiger partial charge in [0.05, 0.1) is 28.0 Å². The van der Waals surface area contributed by atoms with E-state index in [1.54, 1.807) is 11.6 Å². The molecule has 1 amide bonds. The van der Waals surface area contributed by atoms with Gasteiger partial charge in [0.15, 0.2) is 0 Å². The van der Waals surface area contributed by atoms with Gasteiger partial charge in [-0.2, -0.15) is 5.10 Å². The number of hydrogen-bond acceptors (Lipinski definition) is 3. The molecule has 0 saturated carbocycles. The summed E-state index contributed by atoms with van der Waals surface area (Å²) in [6, 6.07) is 17.6. The molecule has 148 valence electrons. The number of benzene rings is 2. The molecule has 29 heavy (non-hydrogen) atoms. The van der Waals surface area contributed by atoms with Crippen molar-refractivity contribution in [3.8, 4) is 5.69 Å². The lowest BCUT2D eigenvalue weighted by Crippen LogP contribution is -2.26. The number of nitrogens with one attached hydrogen (secondary N) is 1. The number of para-hydroxylation sites is 3. The van der Waals surface area contributed by atoms with Gasteiger partial charge in [0.25, 0.3) is 5.91 Å². The van der Waals surface area contributed by atoms with Gasteiger partial charge < -0.3 is 9.88 Å². The summed E-state index contributed by atoms with van der Waals surface area (Å²) in [6.07, 6.45) is 0.788. The lowest BCUT2D eigenvalue weighted by atomic mass is 10.2. The Bertz CT molecular complexity index is 1160. The van der Waals surface area contributed by atoms with E-state index in [2.05, 4.69) is 26.0 Å². The van der Waals surface area contributed by atoms with E-state index in [0.29, 0.717) is 23.0 Å². The van der Waals surface area contributed by atoms with Gasteiger partial charge in [0.2, 0.25) is 0 Å². The number of amides is 1. The molecule has 0 spiro atoms. The molecule has 4 aromatic rings. The molecule has 2 aromatic carbocycles. The van der Waals surface area contributed by atoms with Gasteiger partial charge in [0, 0.05) is 13.1 Å². The first-order valence-electron chi connectivity index (χ1n) is 9.57. The molecule has 2 aromatic heterocycles. The van der Waals surface area contributed by atoms with Gasteiger partial charge in [-0.1, -0.05) is 41.9 Å². The van der Waals surface area contributed by atoms with E-state index < -0.39 is 0 Å². The van der Waals surface area contributed by atoms with Crippen molar-refractivity contribution < 1.29 is 4.79 Å². The van der Waals surface area contributed by atoms with E-state index in [4.69, 9.17) is 11.6 Å². The SMILES string of the molecule is Cc1nn(-c2ccccc2)c(Cl)c1C(=O)NCCCn1c(C)nc2ccccc21. The standard InChI is InChI=1S/C22H22ClN5O/c1-15-20(21(23)28(26-15)17-9-4-3-5-10-17)22(29)24-13-8-14-27-16(2)25-18-11-6-7-12-19(18)27/h3-7,9-12H,8,13-14H2,1-2H3,(H,24,29). The number of imidazole rings is 1. The number of halogens is 1. The minimum absolute atomic E-state index is 0.207. The van der Waals surface area contributed by atoms with Crippen LogP contribution >= 0.6 is 11.6 Å². The van der Waals surface area contributed by atoms with Crippen LogP contribution in [-0.4, -0.2) is 31.8 Å². The molecule has 2 heterocycles. The largest absolute Gasteiger partial charge is 0.352 e. The minimum atomic E-state index is -0.207. The number of hydrogen-bond donors (Lipinski definition) is 1. The van der Waals surface area contributed by atoms with Gasteiger partial charge in [-0.25, -0.2) is 9.67 Å². The molecule has 0 bridgehead atoms. The summed E-state index contributed by atoms with van der Waals surface area (Å²) in [5.41, 5.74) is 3.94. The minimum Gasteiger partial charge on any atom is -0.352 e. The predicted octanol–water partition coefficient (Wildman–Crippen LogP) is 4.31. The third-order valence-electron chi connectivity index (χ3n) is 4.92. The molecule has 7 heteroatoms. The topological polar surface area (TPSA) is 64.7 Å². The van der Waals surface area contributed by atoms with Crippen LogP contribution in [-0.2, 0) is 6.54 Å². The number of aryl methyl sites for hydroxylation is 3. The number of carbonyl (C=O) groups excluding carboxylic acids is 1. The second-order valence-corrected chi connectivity index (χ2v) is 7.27. The number of aromatic nitrogens is 4. The summed E-state index contributed by atoms with van der Waals surface area (Å²) < 4.78 is 3.76. The molecule has 0 aliphatic carbocycles. The molecule has 0 atom stereocenters. The normalized spacial score (nSPS) is 11.1. The van der Waals surface area contributed by atoms with Gasteiger partial charge in [0.1, 0.15) is 11.0 Å². The van der Waals surface area contributed by atoms with E-state index in [1.165, 1.54) is 0 Å². The molecule has 0 aliphatic rings. The van der Waals surface area contributed by atoms with Crippen LogP contribution < -0.4 is 5.32 Å². The van der Waals surface area contributed by atoms with Gasteiger partial charge >= 0.3 is 0 Å². The van der Waals surface area contributed by atoms with Gasteiger partial charge in [-0.3, -0.25) is 4.79 Å². The second-order valence-electron chi connectivity index (χ2n) is 6.91. The Labute approximate surface area is 174 Å². The summed E-state index contributed by atoms with van der Waals surface area (Å²) in [6.45, 7) is 5.11. The van der Waals surface area contributed by atoms with Crippen LogP contribution in [0.25, 0.3) is 16.7 Å². The van der Waals surface area contributed by atoms with Crippen molar-refractivity contribution in [3.05, 3.63) is 76.8 Å². The Morgan fingerprint density at radius 1 is 1.07 bits per heavy atom. The number of nitrogens with zero attached hydrogens (tertiary/aromatic N) is 4. The summed E-state index contributed by atoms with van der Waals surface area (Å²) in [4.78, 5) is 17.3. The van der Waals surface area contributed by atoms with Crippen molar-refractivity contribution in [3.63, 3.8) is 0 Å². The zero-order chi connectivity index (χ0) is 20.4. The lowest BCUT2D eigenvalue weighted by Gasteiger charge is -2.08. The van der Waals surface area contributed by atoms with Crippen molar-refractivity contribution in [2.24, 2.45) is 0 Å². The molecule has 4 rings (SSSR count). The first kappa shape index (κ1) is 19.2. The quantitative estimate of drug-likeness (QED) is 0.484. The lowest BCUT2D eigenvalue weighted by molar-refractivity contribution is 0.0952. The first-order valence-corrected chi connectivity index (χ1v) is 9.94.